The third-order valence-corrected chi connectivity index (χ3v) is 5.62. The Bertz CT molecular complexity index is 1240. The van der Waals surface area contributed by atoms with E-state index in [0.29, 0.717) is 12.0 Å². The van der Waals surface area contributed by atoms with Gasteiger partial charge in [0.15, 0.2) is 0 Å². The molecule has 34 heavy (non-hydrogen) atoms. The Hall–Kier alpha value is -3.53. The number of carbonyl (C=O) groups is 1. The van der Waals surface area contributed by atoms with E-state index >= 15 is 0 Å². The van der Waals surface area contributed by atoms with E-state index < -0.39 is 17.6 Å². The van der Waals surface area contributed by atoms with Gasteiger partial charge in [-0.05, 0) is 62.1 Å². The number of nitrogens with two attached hydrogens (primary N) is 1. The van der Waals surface area contributed by atoms with Crippen molar-refractivity contribution in [1.29, 1.82) is 5.41 Å². The first-order valence-electron chi connectivity index (χ1n) is 10.4. The largest absolute Gasteiger partial charge is 0.508 e. The van der Waals surface area contributed by atoms with Crippen LogP contribution in [0.4, 0.5) is 18.9 Å². The number of nitrogens with zero attached hydrogens (tertiary/aromatic N) is 2. The molecule has 2 aromatic carbocycles. The first-order valence-corrected chi connectivity index (χ1v) is 10.4. The molecule has 1 aromatic heterocycles. The number of aromatic hydroxyl groups is 1. The second-order valence-electron chi connectivity index (χ2n) is 7.93. The molecule has 1 heterocycles. The molecular formula is C23H23ClF3N5O2. The van der Waals surface area contributed by atoms with Gasteiger partial charge in [-0.1, -0.05) is 0 Å². The number of halogens is 4. The molecule has 4 rings (SSSR count). The number of nitrogens with one attached hydrogen (secondary N) is 2. The van der Waals surface area contributed by atoms with Crippen LogP contribution in [0.25, 0.3) is 5.69 Å². The fraction of sp³-hybridized carbons (Fsp3) is 0.261. The number of amidine groups is 1. The summed E-state index contributed by atoms with van der Waals surface area (Å²) in [6.45, 7) is 0. The Morgan fingerprint density at radius 3 is 2.62 bits per heavy atom. The van der Waals surface area contributed by atoms with Crippen LogP contribution in [0.5, 0.6) is 5.75 Å². The summed E-state index contributed by atoms with van der Waals surface area (Å²) in [5.74, 6) is -1.03. The minimum atomic E-state index is -4.64. The molecule has 7 nitrogen and oxygen atoms in total. The number of phenolic OH excluding ortho intramolecular Hbond substituents is 1. The number of hydrogen-bond donors (Lipinski definition) is 4. The number of alkyl halides is 3. The van der Waals surface area contributed by atoms with E-state index in [4.69, 9.17) is 11.1 Å². The normalized spacial score (nSPS) is 13.0. The van der Waals surface area contributed by atoms with E-state index in [1.54, 1.807) is 0 Å². The number of phenols is 1. The molecular weight excluding hydrogens is 471 g/mol. The highest BCUT2D eigenvalue weighted by Gasteiger charge is 2.35. The molecule has 0 aliphatic heterocycles. The molecule has 0 fully saturated rings. The summed E-state index contributed by atoms with van der Waals surface area (Å²) in [5.41, 5.74) is 6.62. The molecule has 3 aromatic rings. The lowest BCUT2D eigenvalue weighted by Crippen LogP contribution is -2.18. The van der Waals surface area contributed by atoms with E-state index in [9.17, 15) is 23.1 Å². The third-order valence-electron chi connectivity index (χ3n) is 5.62. The van der Waals surface area contributed by atoms with Gasteiger partial charge in [-0.15, -0.1) is 12.4 Å². The van der Waals surface area contributed by atoms with Gasteiger partial charge in [0.05, 0.1) is 29.7 Å². The molecule has 1 aliphatic rings. The van der Waals surface area contributed by atoms with Crippen molar-refractivity contribution in [2.24, 2.45) is 5.73 Å². The minimum Gasteiger partial charge on any atom is -0.508 e. The highest BCUT2D eigenvalue weighted by Crippen LogP contribution is 2.37. The van der Waals surface area contributed by atoms with Gasteiger partial charge in [-0.2, -0.15) is 13.2 Å². The molecule has 0 spiro atoms. The van der Waals surface area contributed by atoms with Crippen LogP contribution in [0.2, 0.25) is 0 Å². The third kappa shape index (κ3) is 5.17. The van der Waals surface area contributed by atoms with Gasteiger partial charge >= 0.3 is 6.18 Å². The van der Waals surface area contributed by atoms with Gasteiger partial charge in [0, 0.05) is 22.5 Å². The summed E-state index contributed by atoms with van der Waals surface area (Å²) in [4.78, 5) is 16.8. The quantitative estimate of drug-likeness (QED) is 0.312. The number of aryl methyl sites for hydroxylation is 1. The van der Waals surface area contributed by atoms with Crippen LogP contribution in [-0.4, -0.2) is 26.4 Å². The van der Waals surface area contributed by atoms with Crippen molar-refractivity contribution in [3.05, 3.63) is 70.8 Å². The zero-order valence-corrected chi connectivity index (χ0v) is 18.8. The number of anilines is 1. The lowest BCUT2D eigenvalue weighted by atomic mass is 10.0. The summed E-state index contributed by atoms with van der Waals surface area (Å²) in [6, 6.07) is 7.76. The van der Waals surface area contributed by atoms with Gasteiger partial charge in [-0.25, -0.2) is 4.98 Å². The number of carbonyl (C=O) groups excluding carboxylic acids is 1. The number of hydrogen-bond acceptors (Lipinski definition) is 4. The molecule has 0 saturated carbocycles. The Labute approximate surface area is 199 Å². The average Bonchev–Trinajstić information content (AvgIpc) is 3.18. The number of imidazole rings is 1. The molecule has 1 amide bonds. The van der Waals surface area contributed by atoms with Crippen LogP contribution in [0.15, 0.2) is 42.7 Å². The average molecular weight is 494 g/mol. The predicted molar refractivity (Wildman–Crippen MR) is 124 cm³/mol. The molecule has 0 bridgehead atoms. The van der Waals surface area contributed by atoms with Crippen molar-refractivity contribution < 1.29 is 23.1 Å². The number of amides is 1. The summed E-state index contributed by atoms with van der Waals surface area (Å²) in [6.07, 6.45) is -0.258. The maximum atomic E-state index is 13.9. The zero-order valence-electron chi connectivity index (χ0n) is 17.9. The Morgan fingerprint density at radius 2 is 1.91 bits per heavy atom. The zero-order chi connectivity index (χ0) is 23.8. The molecule has 0 saturated heterocycles. The second-order valence-corrected chi connectivity index (χ2v) is 7.93. The van der Waals surface area contributed by atoms with Gasteiger partial charge < -0.3 is 20.7 Å². The van der Waals surface area contributed by atoms with Gasteiger partial charge in [-0.3, -0.25) is 10.2 Å². The first-order chi connectivity index (χ1) is 15.6. The highest BCUT2D eigenvalue weighted by atomic mass is 35.5. The van der Waals surface area contributed by atoms with Crippen molar-refractivity contribution in [3.8, 4) is 11.4 Å². The smallest absolute Gasteiger partial charge is 0.418 e. The van der Waals surface area contributed by atoms with Crippen molar-refractivity contribution in [2.75, 3.05) is 5.32 Å². The predicted octanol–water partition coefficient (Wildman–Crippen LogP) is 4.36. The van der Waals surface area contributed by atoms with E-state index in [-0.39, 0.29) is 47.4 Å². The Kier molecular flexibility index (Phi) is 7.21. The number of fused-ring (bicyclic) bond motifs is 1. The Morgan fingerprint density at radius 1 is 1.18 bits per heavy atom. The van der Waals surface area contributed by atoms with Gasteiger partial charge in [0.2, 0.25) is 5.91 Å². The fourth-order valence-electron chi connectivity index (χ4n) is 4.00. The van der Waals surface area contributed by atoms with Crippen molar-refractivity contribution >= 4 is 29.8 Å². The van der Waals surface area contributed by atoms with E-state index in [0.717, 1.165) is 36.7 Å². The Balaban J connectivity index is 0.00000324. The van der Waals surface area contributed by atoms with E-state index in [1.165, 1.54) is 41.2 Å². The summed E-state index contributed by atoms with van der Waals surface area (Å²) < 4.78 is 43.2. The van der Waals surface area contributed by atoms with Crippen molar-refractivity contribution in [1.82, 2.24) is 9.55 Å². The summed E-state index contributed by atoms with van der Waals surface area (Å²) in [7, 11) is 0. The van der Waals surface area contributed by atoms with Crippen LogP contribution < -0.4 is 11.1 Å². The van der Waals surface area contributed by atoms with Gasteiger partial charge in [0.25, 0.3) is 0 Å². The molecule has 0 radical (unpaired) electrons. The standard InChI is InChI=1S/C23H22F3N5O2.ClH/c24-23(25,26)16-11-15(6-7-18(16)31-12-29-17-3-1-2-4-19(17)31)30-21(33)10-14-9-13(22(27)28)5-8-20(14)32;/h5-9,11-12,32H,1-4,10H2,(H3,27,28)(H,30,33);1H. The number of nitrogen functional groups attached to an aromatic ring is 1. The maximum Gasteiger partial charge on any atom is 0.418 e. The van der Waals surface area contributed by atoms with Crippen LogP contribution in [0.1, 0.15) is 40.9 Å². The number of rotatable bonds is 5. The second kappa shape index (κ2) is 9.76. The molecule has 5 N–H and O–H groups in total. The monoisotopic (exact) mass is 493 g/mol. The van der Waals surface area contributed by atoms with Crippen molar-refractivity contribution in [2.45, 2.75) is 38.3 Å². The fourth-order valence-corrected chi connectivity index (χ4v) is 4.00. The van der Waals surface area contributed by atoms with Crippen molar-refractivity contribution in [3.63, 3.8) is 0 Å². The first kappa shape index (κ1) is 25.1. The van der Waals surface area contributed by atoms with Crippen LogP contribution in [-0.2, 0) is 30.2 Å². The number of benzene rings is 2. The lowest BCUT2D eigenvalue weighted by molar-refractivity contribution is -0.137. The van der Waals surface area contributed by atoms with Crippen LogP contribution >= 0.6 is 12.4 Å². The van der Waals surface area contributed by atoms with E-state index in [2.05, 4.69) is 10.3 Å². The molecule has 11 heteroatoms. The maximum absolute atomic E-state index is 13.9. The minimum absolute atomic E-state index is 0. The SMILES string of the molecule is Cl.N=C(N)c1ccc(O)c(CC(=O)Nc2ccc(-n3cnc4c3CCCC4)c(C(F)(F)F)c2)c1. The lowest BCUT2D eigenvalue weighted by Gasteiger charge is -2.19. The molecule has 0 unspecified atom stereocenters. The highest BCUT2D eigenvalue weighted by molar-refractivity contribution is 5.96. The summed E-state index contributed by atoms with van der Waals surface area (Å²) in [5, 5.41) is 19.9. The van der Waals surface area contributed by atoms with Crippen LogP contribution in [0.3, 0.4) is 0 Å². The molecule has 180 valence electrons. The molecule has 1 aliphatic carbocycles. The van der Waals surface area contributed by atoms with Gasteiger partial charge in [0.1, 0.15) is 11.6 Å². The van der Waals surface area contributed by atoms with Crippen LogP contribution in [0, 0.1) is 5.41 Å². The topological polar surface area (TPSA) is 117 Å². The summed E-state index contributed by atoms with van der Waals surface area (Å²) >= 11 is 0. The molecule has 0 atom stereocenters. The van der Waals surface area contributed by atoms with E-state index in [1.807, 2.05) is 0 Å². The number of aromatic nitrogens is 2.